The largest absolute Gasteiger partial charge is 0.329 e. The van der Waals surface area contributed by atoms with Crippen molar-refractivity contribution < 1.29 is 18.4 Å². The first-order valence-corrected chi connectivity index (χ1v) is 7.49. The molecule has 1 atom stereocenters. The van der Waals surface area contributed by atoms with Crippen molar-refractivity contribution >= 4 is 27.7 Å². The molecular weight excluding hydrogens is 346 g/mol. The first-order chi connectivity index (χ1) is 9.99. The lowest BCUT2D eigenvalue weighted by Crippen LogP contribution is -2.57. The molecule has 2 heterocycles. The second-order valence-corrected chi connectivity index (χ2v) is 6.12. The van der Waals surface area contributed by atoms with Gasteiger partial charge in [-0.15, -0.1) is 0 Å². The van der Waals surface area contributed by atoms with Crippen LogP contribution in [0.3, 0.4) is 0 Å². The van der Waals surface area contributed by atoms with Crippen LogP contribution in [0, 0.1) is 11.6 Å². The molecule has 0 radical (unpaired) electrons. The first-order valence-electron chi connectivity index (χ1n) is 6.69. The predicted octanol–water partition coefficient (Wildman–Crippen LogP) is 2.06. The molecule has 21 heavy (non-hydrogen) atoms. The summed E-state index contributed by atoms with van der Waals surface area (Å²) in [6, 6.07) is 1.95. The highest BCUT2D eigenvalue weighted by atomic mass is 79.9. The number of carbonyl (C=O) groups excluding carboxylic acids is 2. The lowest BCUT2D eigenvalue weighted by atomic mass is 10.1. The van der Waals surface area contributed by atoms with Crippen molar-refractivity contribution in [1.29, 1.82) is 0 Å². The van der Waals surface area contributed by atoms with Crippen LogP contribution in [0.2, 0.25) is 0 Å². The van der Waals surface area contributed by atoms with Crippen LogP contribution in [0.5, 0.6) is 0 Å². The summed E-state index contributed by atoms with van der Waals surface area (Å²) in [6.07, 6.45) is 1.40. The van der Waals surface area contributed by atoms with Crippen molar-refractivity contribution in [2.45, 2.75) is 25.4 Å². The molecule has 1 unspecified atom stereocenters. The third kappa shape index (κ3) is 2.43. The van der Waals surface area contributed by atoms with Crippen LogP contribution < -0.4 is 0 Å². The van der Waals surface area contributed by atoms with Crippen LogP contribution in [-0.4, -0.2) is 40.7 Å². The zero-order valence-corrected chi connectivity index (χ0v) is 12.7. The first kappa shape index (κ1) is 14.4. The quantitative estimate of drug-likeness (QED) is 0.759. The fourth-order valence-electron chi connectivity index (χ4n) is 2.90. The summed E-state index contributed by atoms with van der Waals surface area (Å²) in [5.74, 6) is -1.84. The van der Waals surface area contributed by atoms with Gasteiger partial charge in [-0.25, -0.2) is 8.78 Å². The number of halogens is 3. The summed E-state index contributed by atoms with van der Waals surface area (Å²) in [7, 11) is 0. The monoisotopic (exact) mass is 358 g/mol. The summed E-state index contributed by atoms with van der Waals surface area (Å²) < 4.78 is 27.9. The second kappa shape index (κ2) is 5.36. The molecule has 2 saturated heterocycles. The topological polar surface area (TPSA) is 40.6 Å². The van der Waals surface area contributed by atoms with Gasteiger partial charge in [0.2, 0.25) is 11.8 Å². The van der Waals surface area contributed by atoms with Crippen LogP contribution in [0.15, 0.2) is 16.6 Å². The summed E-state index contributed by atoms with van der Waals surface area (Å²) in [4.78, 5) is 27.1. The molecule has 7 heteroatoms. The van der Waals surface area contributed by atoms with Crippen molar-refractivity contribution in [3.8, 4) is 0 Å². The molecule has 0 saturated carbocycles. The smallest absolute Gasteiger partial charge is 0.246 e. The van der Waals surface area contributed by atoms with E-state index in [1.807, 2.05) is 0 Å². The maximum Gasteiger partial charge on any atom is 0.246 e. The van der Waals surface area contributed by atoms with E-state index in [1.54, 1.807) is 4.90 Å². The predicted molar refractivity (Wildman–Crippen MR) is 74.2 cm³/mol. The number of rotatable bonds is 2. The molecule has 2 fully saturated rings. The molecule has 0 spiro atoms. The van der Waals surface area contributed by atoms with Gasteiger partial charge in [0.25, 0.3) is 0 Å². The molecule has 0 aromatic heterocycles. The number of piperazine rings is 1. The van der Waals surface area contributed by atoms with Gasteiger partial charge < -0.3 is 9.80 Å². The minimum Gasteiger partial charge on any atom is -0.329 e. The lowest BCUT2D eigenvalue weighted by molar-refractivity contribution is -0.154. The minimum atomic E-state index is -0.732. The van der Waals surface area contributed by atoms with Gasteiger partial charge in [-0.1, -0.05) is 0 Å². The zero-order valence-electron chi connectivity index (χ0n) is 11.1. The Morgan fingerprint density at radius 1 is 1.29 bits per heavy atom. The Balaban J connectivity index is 1.87. The Bertz CT molecular complexity index is 623. The van der Waals surface area contributed by atoms with Gasteiger partial charge in [0, 0.05) is 12.1 Å². The van der Waals surface area contributed by atoms with Crippen LogP contribution in [-0.2, 0) is 16.1 Å². The molecule has 0 bridgehead atoms. The van der Waals surface area contributed by atoms with Crippen LogP contribution in [0.1, 0.15) is 18.4 Å². The van der Waals surface area contributed by atoms with E-state index < -0.39 is 17.7 Å². The van der Waals surface area contributed by atoms with E-state index >= 15 is 0 Å². The van der Waals surface area contributed by atoms with Gasteiger partial charge in [-0.05, 0) is 40.9 Å². The third-order valence-corrected chi connectivity index (χ3v) is 4.60. The van der Waals surface area contributed by atoms with E-state index in [9.17, 15) is 18.4 Å². The Morgan fingerprint density at radius 2 is 2.05 bits per heavy atom. The van der Waals surface area contributed by atoms with E-state index in [-0.39, 0.29) is 34.9 Å². The fourth-order valence-corrected chi connectivity index (χ4v) is 3.27. The van der Waals surface area contributed by atoms with Gasteiger partial charge in [0.1, 0.15) is 24.2 Å². The van der Waals surface area contributed by atoms with E-state index in [4.69, 9.17) is 0 Å². The molecule has 2 aliphatic rings. The zero-order chi connectivity index (χ0) is 15.1. The SMILES string of the molecule is O=C1C2CCCN2C(=O)CN1Cc1c(F)ccc(Br)c1F. The van der Waals surface area contributed by atoms with Gasteiger partial charge in [-0.3, -0.25) is 9.59 Å². The summed E-state index contributed by atoms with van der Waals surface area (Å²) >= 11 is 3.00. The van der Waals surface area contributed by atoms with Crippen molar-refractivity contribution in [2.24, 2.45) is 0 Å². The molecule has 1 aromatic carbocycles. The molecule has 2 amide bonds. The summed E-state index contributed by atoms with van der Waals surface area (Å²) in [6.45, 7) is 0.232. The van der Waals surface area contributed by atoms with Crippen LogP contribution >= 0.6 is 15.9 Å². The van der Waals surface area contributed by atoms with E-state index in [2.05, 4.69) is 15.9 Å². The number of hydrogen-bond acceptors (Lipinski definition) is 2. The molecule has 2 aliphatic heterocycles. The average Bonchev–Trinajstić information content (AvgIpc) is 2.94. The number of hydrogen-bond donors (Lipinski definition) is 0. The third-order valence-electron chi connectivity index (χ3n) is 3.98. The Labute approximate surface area is 128 Å². The highest BCUT2D eigenvalue weighted by Crippen LogP contribution is 2.27. The standard InChI is InChI=1S/C14H13BrF2N2O2/c15-9-3-4-10(16)8(13(9)17)6-18-7-12(20)19-5-1-2-11(19)14(18)21/h3-4,11H,1-2,5-7H2. The van der Waals surface area contributed by atoms with Crippen molar-refractivity contribution in [3.63, 3.8) is 0 Å². The minimum absolute atomic E-state index is 0.124. The van der Waals surface area contributed by atoms with Gasteiger partial charge in [-0.2, -0.15) is 0 Å². The maximum absolute atomic E-state index is 14.0. The van der Waals surface area contributed by atoms with E-state index in [0.29, 0.717) is 13.0 Å². The summed E-state index contributed by atoms with van der Waals surface area (Å²) in [5, 5.41) is 0. The molecule has 3 rings (SSSR count). The van der Waals surface area contributed by atoms with Crippen molar-refractivity contribution in [2.75, 3.05) is 13.1 Å². The molecule has 112 valence electrons. The molecule has 1 aromatic rings. The van der Waals surface area contributed by atoms with E-state index in [1.165, 1.54) is 11.0 Å². The number of amides is 2. The average molecular weight is 359 g/mol. The van der Waals surface area contributed by atoms with Gasteiger partial charge >= 0.3 is 0 Å². The van der Waals surface area contributed by atoms with Crippen LogP contribution in [0.25, 0.3) is 0 Å². The number of fused-ring (bicyclic) bond motifs is 1. The summed E-state index contributed by atoms with van der Waals surface area (Å²) in [5.41, 5.74) is -0.197. The van der Waals surface area contributed by atoms with Gasteiger partial charge in [0.05, 0.1) is 11.0 Å². The van der Waals surface area contributed by atoms with Crippen molar-refractivity contribution in [3.05, 3.63) is 33.8 Å². The highest BCUT2D eigenvalue weighted by molar-refractivity contribution is 9.10. The molecular formula is C14H13BrF2N2O2. The second-order valence-electron chi connectivity index (χ2n) is 5.26. The lowest BCUT2D eigenvalue weighted by Gasteiger charge is -2.36. The van der Waals surface area contributed by atoms with Crippen molar-refractivity contribution in [1.82, 2.24) is 9.80 Å². The Morgan fingerprint density at radius 3 is 2.81 bits per heavy atom. The molecule has 0 N–H and O–H groups in total. The fraction of sp³-hybridized carbons (Fsp3) is 0.429. The molecule has 4 nitrogen and oxygen atoms in total. The Kier molecular flexibility index (Phi) is 3.69. The van der Waals surface area contributed by atoms with Gasteiger partial charge in [0.15, 0.2) is 0 Å². The maximum atomic E-state index is 14.0. The van der Waals surface area contributed by atoms with E-state index in [0.717, 1.165) is 12.5 Å². The normalized spacial score (nSPS) is 22.0. The highest BCUT2D eigenvalue weighted by Gasteiger charge is 2.42. The Hall–Kier alpha value is -1.50. The molecule has 0 aliphatic carbocycles. The number of benzene rings is 1. The van der Waals surface area contributed by atoms with Crippen LogP contribution in [0.4, 0.5) is 8.78 Å². The number of carbonyl (C=O) groups is 2. The number of nitrogens with zero attached hydrogens (tertiary/aromatic N) is 2.